The SMILES string of the molecule is CC=CN1CCC[C@@H](n2nc(C(=O)Nc3ccc(CC(=O)N(C)C)c4ccccc34)c3c(N)ncnc32)C1. The molecule has 2 aromatic heterocycles. The Morgan fingerprint density at radius 1 is 1.16 bits per heavy atom. The molecular formula is C28H32N8O2. The maximum atomic E-state index is 13.7. The molecule has 0 saturated carbocycles. The van der Waals surface area contributed by atoms with Crippen molar-refractivity contribution in [2.24, 2.45) is 0 Å². The van der Waals surface area contributed by atoms with Crippen molar-refractivity contribution in [3.63, 3.8) is 0 Å². The molecule has 0 spiro atoms. The van der Waals surface area contributed by atoms with Crippen molar-refractivity contribution in [1.82, 2.24) is 29.5 Å². The highest BCUT2D eigenvalue weighted by molar-refractivity contribution is 6.15. The molecule has 0 aliphatic carbocycles. The summed E-state index contributed by atoms with van der Waals surface area (Å²) in [6, 6.07) is 11.5. The van der Waals surface area contributed by atoms with E-state index < -0.39 is 5.91 Å². The number of hydrogen-bond donors (Lipinski definition) is 2. The Hall–Kier alpha value is -4.47. The van der Waals surface area contributed by atoms with Gasteiger partial charge in [-0.2, -0.15) is 5.10 Å². The first-order valence-electron chi connectivity index (χ1n) is 12.7. The number of carbonyl (C=O) groups excluding carboxylic acids is 2. The van der Waals surface area contributed by atoms with Crippen LogP contribution < -0.4 is 11.1 Å². The fourth-order valence-corrected chi connectivity index (χ4v) is 5.07. The lowest BCUT2D eigenvalue weighted by molar-refractivity contribution is -0.127. The van der Waals surface area contributed by atoms with Gasteiger partial charge in [0.25, 0.3) is 5.91 Å². The van der Waals surface area contributed by atoms with Crippen LogP contribution in [-0.4, -0.2) is 68.5 Å². The number of allylic oxidation sites excluding steroid dienone is 1. The summed E-state index contributed by atoms with van der Waals surface area (Å²) < 4.78 is 1.83. The van der Waals surface area contributed by atoms with Gasteiger partial charge in [0.2, 0.25) is 5.91 Å². The number of nitrogens with zero attached hydrogens (tertiary/aromatic N) is 6. The van der Waals surface area contributed by atoms with Gasteiger partial charge in [-0.3, -0.25) is 9.59 Å². The van der Waals surface area contributed by atoms with E-state index in [0.717, 1.165) is 42.3 Å². The number of nitrogens with two attached hydrogens (primary N) is 1. The van der Waals surface area contributed by atoms with Gasteiger partial charge in [0, 0.05) is 38.3 Å². The molecule has 1 atom stereocenters. The van der Waals surface area contributed by atoms with Crippen molar-refractivity contribution in [1.29, 1.82) is 0 Å². The van der Waals surface area contributed by atoms with E-state index in [0.29, 0.717) is 16.7 Å². The monoisotopic (exact) mass is 512 g/mol. The topological polar surface area (TPSA) is 122 Å². The van der Waals surface area contributed by atoms with Gasteiger partial charge in [-0.05, 0) is 43.0 Å². The normalized spacial score (nSPS) is 15.9. The number of rotatable bonds is 6. The number of nitrogen functional groups attached to an aromatic ring is 1. The van der Waals surface area contributed by atoms with E-state index in [-0.39, 0.29) is 29.9 Å². The van der Waals surface area contributed by atoms with Crippen LogP contribution in [0.1, 0.15) is 41.9 Å². The Morgan fingerprint density at radius 3 is 2.71 bits per heavy atom. The summed E-state index contributed by atoms with van der Waals surface area (Å²) in [5, 5.41) is 9.97. The zero-order valence-corrected chi connectivity index (χ0v) is 21.9. The number of likely N-dealkylation sites (tertiary alicyclic amines) is 1. The molecule has 0 unspecified atom stereocenters. The van der Waals surface area contributed by atoms with E-state index >= 15 is 0 Å². The lowest BCUT2D eigenvalue weighted by Crippen LogP contribution is -2.33. The number of benzene rings is 2. The Morgan fingerprint density at radius 2 is 1.95 bits per heavy atom. The Labute approximate surface area is 221 Å². The predicted molar refractivity (Wildman–Crippen MR) is 149 cm³/mol. The molecule has 0 bridgehead atoms. The summed E-state index contributed by atoms with van der Waals surface area (Å²) in [5.74, 6) is -0.163. The number of amides is 2. The molecule has 3 N–H and O–H groups in total. The van der Waals surface area contributed by atoms with Crippen LogP contribution in [0.5, 0.6) is 0 Å². The summed E-state index contributed by atoms with van der Waals surface area (Å²) in [7, 11) is 3.48. The van der Waals surface area contributed by atoms with Crippen LogP contribution in [0.4, 0.5) is 11.5 Å². The van der Waals surface area contributed by atoms with Gasteiger partial charge in [-0.25, -0.2) is 14.6 Å². The molecule has 1 fully saturated rings. The van der Waals surface area contributed by atoms with Crippen molar-refractivity contribution in [3.8, 4) is 0 Å². The number of anilines is 2. The van der Waals surface area contributed by atoms with E-state index in [1.807, 2.05) is 54.1 Å². The maximum absolute atomic E-state index is 13.7. The predicted octanol–water partition coefficient (Wildman–Crippen LogP) is 3.62. The van der Waals surface area contributed by atoms with Gasteiger partial charge in [0.05, 0.1) is 17.8 Å². The zero-order chi connectivity index (χ0) is 26.8. The Kier molecular flexibility index (Phi) is 6.95. The molecule has 0 radical (unpaired) electrons. The summed E-state index contributed by atoms with van der Waals surface area (Å²) in [6.07, 6.45) is 7.71. The molecule has 1 aliphatic heterocycles. The van der Waals surface area contributed by atoms with Crippen molar-refractivity contribution < 1.29 is 9.59 Å². The highest BCUT2D eigenvalue weighted by atomic mass is 16.2. The van der Waals surface area contributed by atoms with E-state index in [4.69, 9.17) is 10.8 Å². The second-order valence-corrected chi connectivity index (χ2v) is 9.76. The van der Waals surface area contributed by atoms with Crippen LogP contribution in [0.2, 0.25) is 0 Å². The average Bonchev–Trinajstić information content (AvgIpc) is 3.31. The highest BCUT2D eigenvalue weighted by Gasteiger charge is 2.28. The van der Waals surface area contributed by atoms with E-state index in [1.165, 1.54) is 6.33 Å². The van der Waals surface area contributed by atoms with Gasteiger partial charge in [0.15, 0.2) is 11.3 Å². The van der Waals surface area contributed by atoms with Crippen LogP contribution in [0, 0.1) is 0 Å². The van der Waals surface area contributed by atoms with E-state index in [2.05, 4.69) is 26.4 Å². The summed E-state index contributed by atoms with van der Waals surface area (Å²) in [4.78, 5) is 38.4. The van der Waals surface area contributed by atoms with E-state index in [1.54, 1.807) is 19.0 Å². The maximum Gasteiger partial charge on any atom is 0.277 e. The van der Waals surface area contributed by atoms with Crippen LogP contribution in [0.25, 0.3) is 21.8 Å². The number of piperidine rings is 1. The molecule has 10 nitrogen and oxygen atoms in total. The van der Waals surface area contributed by atoms with Crippen LogP contribution in [0.3, 0.4) is 0 Å². The van der Waals surface area contributed by atoms with Gasteiger partial charge in [0.1, 0.15) is 12.1 Å². The minimum atomic E-state index is -0.390. The van der Waals surface area contributed by atoms with Crippen molar-refractivity contribution in [2.45, 2.75) is 32.2 Å². The number of likely N-dealkylation sites (N-methyl/N-ethyl adjacent to an activating group) is 1. The molecule has 38 heavy (non-hydrogen) atoms. The molecule has 2 amide bonds. The summed E-state index contributed by atoms with van der Waals surface area (Å²) in [5.41, 5.74) is 8.51. The number of hydrogen-bond acceptors (Lipinski definition) is 7. The Bertz CT molecular complexity index is 1540. The minimum absolute atomic E-state index is 0.00938. The first kappa shape index (κ1) is 25.2. The molecule has 4 aromatic rings. The molecule has 10 heteroatoms. The average molecular weight is 513 g/mol. The largest absolute Gasteiger partial charge is 0.383 e. The standard InChI is InChI=1S/C28H32N8O2/c1-4-13-35-14-7-8-19(16-35)36-27-24(26(29)30-17-31-27)25(33-36)28(38)32-22-12-11-18(15-23(37)34(2)3)20-9-5-6-10-21(20)22/h4-6,9-13,17,19H,7-8,14-16H2,1-3H3,(H,32,38)(H2,29,30,31)/t19-/m1/s1. The highest BCUT2D eigenvalue weighted by Crippen LogP contribution is 2.31. The lowest BCUT2D eigenvalue weighted by atomic mass is 10.00. The molecular weight excluding hydrogens is 480 g/mol. The molecule has 1 saturated heterocycles. The first-order valence-corrected chi connectivity index (χ1v) is 12.7. The molecule has 196 valence electrons. The quantitative estimate of drug-likeness (QED) is 0.405. The molecule has 3 heterocycles. The molecule has 5 rings (SSSR count). The molecule has 2 aromatic carbocycles. The van der Waals surface area contributed by atoms with Crippen molar-refractivity contribution in [2.75, 3.05) is 38.2 Å². The third-order valence-electron chi connectivity index (χ3n) is 6.97. The van der Waals surface area contributed by atoms with Crippen LogP contribution in [-0.2, 0) is 11.2 Å². The second-order valence-electron chi connectivity index (χ2n) is 9.76. The van der Waals surface area contributed by atoms with Gasteiger partial charge in [-0.15, -0.1) is 0 Å². The van der Waals surface area contributed by atoms with Crippen LogP contribution in [0.15, 0.2) is 55.0 Å². The first-order chi connectivity index (χ1) is 18.4. The van der Waals surface area contributed by atoms with Crippen LogP contribution >= 0.6 is 0 Å². The minimum Gasteiger partial charge on any atom is -0.383 e. The number of carbonyl (C=O) groups is 2. The third kappa shape index (κ3) is 4.77. The van der Waals surface area contributed by atoms with Crippen molar-refractivity contribution in [3.05, 3.63) is 66.3 Å². The molecule has 1 aliphatic rings. The summed E-state index contributed by atoms with van der Waals surface area (Å²) >= 11 is 0. The fourth-order valence-electron chi connectivity index (χ4n) is 5.07. The number of fused-ring (bicyclic) bond motifs is 2. The third-order valence-corrected chi connectivity index (χ3v) is 6.97. The fraction of sp³-hybridized carbons (Fsp3) is 0.321. The second kappa shape index (κ2) is 10.5. The van der Waals surface area contributed by atoms with Gasteiger partial charge >= 0.3 is 0 Å². The number of aromatic nitrogens is 4. The smallest absolute Gasteiger partial charge is 0.277 e. The zero-order valence-electron chi connectivity index (χ0n) is 21.9. The lowest BCUT2D eigenvalue weighted by Gasteiger charge is -2.32. The number of nitrogens with one attached hydrogen (secondary N) is 1. The van der Waals surface area contributed by atoms with Gasteiger partial charge < -0.3 is 20.9 Å². The van der Waals surface area contributed by atoms with Crippen molar-refractivity contribution >= 4 is 45.1 Å². The Balaban J connectivity index is 1.51. The summed E-state index contributed by atoms with van der Waals surface area (Å²) in [6.45, 7) is 3.75. The van der Waals surface area contributed by atoms with E-state index in [9.17, 15) is 9.59 Å². The van der Waals surface area contributed by atoms with Gasteiger partial charge in [-0.1, -0.05) is 36.4 Å².